The summed E-state index contributed by atoms with van der Waals surface area (Å²) in [6.45, 7) is 0.0711. The van der Waals surface area contributed by atoms with Crippen LogP contribution < -0.4 is 10.7 Å². The highest BCUT2D eigenvalue weighted by atomic mass is 32.1. The fourth-order valence-corrected chi connectivity index (χ4v) is 3.41. The number of nitro groups is 1. The average molecular weight is 452 g/mol. The number of ether oxygens (including phenoxy) is 1. The van der Waals surface area contributed by atoms with Crippen LogP contribution in [-0.4, -0.2) is 29.2 Å². The number of hydrazone groups is 1. The molecule has 0 aliphatic carbocycles. The van der Waals surface area contributed by atoms with E-state index in [-0.39, 0.29) is 18.0 Å². The van der Waals surface area contributed by atoms with Crippen LogP contribution in [0, 0.1) is 10.1 Å². The second-order valence-electron chi connectivity index (χ2n) is 6.62. The Hall–Kier alpha value is -4.05. The van der Waals surface area contributed by atoms with Crippen molar-refractivity contribution in [3.05, 3.63) is 98.9 Å². The van der Waals surface area contributed by atoms with E-state index in [4.69, 9.17) is 4.74 Å². The average Bonchev–Trinajstić information content (AvgIpc) is 3.28. The van der Waals surface area contributed by atoms with Gasteiger partial charge in [0.05, 0.1) is 16.0 Å². The summed E-state index contributed by atoms with van der Waals surface area (Å²) in [5, 5.41) is 17.1. The number of thiophene rings is 1. The van der Waals surface area contributed by atoms with Gasteiger partial charge in [-0.25, -0.2) is 10.2 Å². The molecular weight excluding hydrogens is 432 g/mol. The second kappa shape index (κ2) is 11.4. The molecule has 1 aromatic heterocycles. The van der Waals surface area contributed by atoms with Gasteiger partial charge < -0.3 is 10.1 Å². The Kier molecular flexibility index (Phi) is 8.04. The number of rotatable bonds is 9. The lowest BCUT2D eigenvalue weighted by Gasteiger charge is -2.17. The number of nitrogens with zero attached hydrogens (tertiary/aromatic N) is 2. The van der Waals surface area contributed by atoms with Gasteiger partial charge in [-0.05, 0) is 17.2 Å². The first-order valence-corrected chi connectivity index (χ1v) is 10.4. The molecule has 0 spiro atoms. The molecule has 0 radical (unpaired) electrons. The van der Waals surface area contributed by atoms with E-state index in [9.17, 15) is 19.7 Å². The Morgan fingerprint density at radius 1 is 1.03 bits per heavy atom. The molecule has 0 fully saturated rings. The third kappa shape index (κ3) is 7.03. The first kappa shape index (κ1) is 22.6. The van der Waals surface area contributed by atoms with E-state index in [1.54, 1.807) is 0 Å². The number of benzene rings is 2. The monoisotopic (exact) mass is 452 g/mol. The smallest absolute Gasteiger partial charge is 0.408 e. The van der Waals surface area contributed by atoms with Crippen LogP contribution in [0.25, 0.3) is 0 Å². The molecule has 3 aromatic rings. The van der Waals surface area contributed by atoms with Crippen molar-refractivity contribution >= 4 is 34.6 Å². The predicted molar refractivity (Wildman–Crippen MR) is 120 cm³/mol. The fourth-order valence-electron chi connectivity index (χ4n) is 2.71. The SMILES string of the molecule is O=C(NC(Cc1ccccc1)C(=O)N/N=C/c1ccc([N+](=O)[O-])s1)OCc1ccccc1. The number of carbonyl (C=O) groups is 2. The highest BCUT2D eigenvalue weighted by Gasteiger charge is 2.22. The Morgan fingerprint density at radius 2 is 1.69 bits per heavy atom. The zero-order valence-electron chi connectivity index (χ0n) is 16.8. The molecule has 2 amide bonds. The van der Waals surface area contributed by atoms with E-state index in [0.29, 0.717) is 4.88 Å². The molecule has 0 saturated heterocycles. The number of nitrogens with one attached hydrogen (secondary N) is 2. The number of hydrogen-bond acceptors (Lipinski definition) is 7. The number of alkyl carbamates (subject to hydrolysis) is 1. The molecule has 32 heavy (non-hydrogen) atoms. The van der Waals surface area contributed by atoms with Gasteiger partial charge in [-0.2, -0.15) is 5.10 Å². The van der Waals surface area contributed by atoms with Crippen LogP contribution in [0.3, 0.4) is 0 Å². The van der Waals surface area contributed by atoms with Crippen LogP contribution in [0.4, 0.5) is 9.80 Å². The third-order valence-corrected chi connectivity index (χ3v) is 5.23. The van der Waals surface area contributed by atoms with Crippen molar-refractivity contribution in [1.29, 1.82) is 0 Å². The molecule has 0 bridgehead atoms. The van der Waals surface area contributed by atoms with Crippen LogP contribution in [0.2, 0.25) is 0 Å². The van der Waals surface area contributed by atoms with E-state index in [2.05, 4.69) is 15.8 Å². The quantitative estimate of drug-likeness (QED) is 0.291. The van der Waals surface area contributed by atoms with E-state index < -0.39 is 23.0 Å². The van der Waals surface area contributed by atoms with Gasteiger partial charge in [-0.15, -0.1) is 0 Å². The molecule has 0 aliphatic rings. The summed E-state index contributed by atoms with van der Waals surface area (Å²) in [5.41, 5.74) is 4.03. The van der Waals surface area contributed by atoms with Crippen LogP contribution in [0.1, 0.15) is 16.0 Å². The van der Waals surface area contributed by atoms with E-state index >= 15 is 0 Å². The van der Waals surface area contributed by atoms with Crippen molar-refractivity contribution < 1.29 is 19.2 Å². The largest absolute Gasteiger partial charge is 0.445 e. The number of hydrogen-bond donors (Lipinski definition) is 2. The third-order valence-electron chi connectivity index (χ3n) is 4.26. The second-order valence-corrected chi connectivity index (χ2v) is 7.71. The summed E-state index contributed by atoms with van der Waals surface area (Å²) in [7, 11) is 0. The van der Waals surface area contributed by atoms with E-state index in [0.717, 1.165) is 22.5 Å². The summed E-state index contributed by atoms with van der Waals surface area (Å²) >= 11 is 0.929. The zero-order valence-corrected chi connectivity index (χ0v) is 17.7. The normalized spacial score (nSPS) is 11.6. The van der Waals surface area contributed by atoms with Crippen molar-refractivity contribution in [2.24, 2.45) is 5.10 Å². The predicted octanol–water partition coefficient (Wildman–Crippen LogP) is 3.64. The van der Waals surface area contributed by atoms with Crippen molar-refractivity contribution in [1.82, 2.24) is 10.7 Å². The Bertz CT molecular complexity index is 1090. The molecular formula is C22H20N4O5S. The molecule has 1 atom stereocenters. The van der Waals surface area contributed by atoms with Crippen molar-refractivity contribution in [2.45, 2.75) is 19.1 Å². The van der Waals surface area contributed by atoms with Crippen molar-refractivity contribution in [3.63, 3.8) is 0 Å². The maximum absolute atomic E-state index is 12.7. The molecule has 10 heteroatoms. The number of amides is 2. The lowest BCUT2D eigenvalue weighted by Crippen LogP contribution is -2.47. The van der Waals surface area contributed by atoms with Crippen LogP contribution in [-0.2, 0) is 22.6 Å². The minimum atomic E-state index is -0.935. The topological polar surface area (TPSA) is 123 Å². The van der Waals surface area contributed by atoms with Crippen LogP contribution in [0.5, 0.6) is 0 Å². The van der Waals surface area contributed by atoms with E-state index in [1.165, 1.54) is 18.3 Å². The summed E-state index contributed by atoms with van der Waals surface area (Å²) in [6.07, 6.45) is 0.804. The van der Waals surface area contributed by atoms with Crippen LogP contribution >= 0.6 is 11.3 Å². The molecule has 1 unspecified atom stereocenters. The highest BCUT2D eigenvalue weighted by Crippen LogP contribution is 2.22. The summed E-state index contributed by atoms with van der Waals surface area (Å²) in [5.74, 6) is -0.548. The van der Waals surface area contributed by atoms with Gasteiger partial charge in [0.2, 0.25) is 0 Å². The summed E-state index contributed by atoms with van der Waals surface area (Å²) in [4.78, 5) is 35.7. The Labute approximate surface area is 187 Å². The first-order chi connectivity index (χ1) is 15.5. The van der Waals surface area contributed by atoms with Crippen LogP contribution in [0.15, 0.2) is 77.9 Å². The minimum Gasteiger partial charge on any atom is -0.445 e. The van der Waals surface area contributed by atoms with Gasteiger partial charge >= 0.3 is 11.1 Å². The Balaban J connectivity index is 1.61. The maximum Gasteiger partial charge on any atom is 0.408 e. The molecule has 9 nitrogen and oxygen atoms in total. The highest BCUT2D eigenvalue weighted by molar-refractivity contribution is 7.16. The molecule has 2 aromatic carbocycles. The molecule has 3 rings (SSSR count). The minimum absolute atomic E-state index is 0.0254. The molecule has 2 N–H and O–H groups in total. The lowest BCUT2D eigenvalue weighted by molar-refractivity contribution is -0.380. The maximum atomic E-state index is 12.7. The standard InChI is InChI=1S/C22H20N4O5S/c27-21(25-23-14-18-11-12-20(32-18)26(29)30)19(13-16-7-3-1-4-8-16)24-22(28)31-15-17-9-5-2-6-10-17/h1-12,14,19H,13,15H2,(H,24,28)(H,25,27)/b23-14+. The van der Waals surface area contributed by atoms with Gasteiger partial charge in [-0.1, -0.05) is 72.0 Å². The summed E-state index contributed by atoms with van der Waals surface area (Å²) in [6, 6.07) is 20.3. The van der Waals surface area contributed by atoms with Gasteiger partial charge in [0.1, 0.15) is 12.6 Å². The first-order valence-electron chi connectivity index (χ1n) is 9.59. The summed E-state index contributed by atoms with van der Waals surface area (Å²) < 4.78 is 5.21. The van der Waals surface area contributed by atoms with Crippen molar-refractivity contribution in [2.75, 3.05) is 0 Å². The number of carbonyl (C=O) groups excluding carboxylic acids is 2. The molecule has 0 aliphatic heterocycles. The van der Waals surface area contributed by atoms with Crippen molar-refractivity contribution in [3.8, 4) is 0 Å². The zero-order chi connectivity index (χ0) is 22.8. The molecule has 0 saturated carbocycles. The van der Waals surface area contributed by atoms with Gasteiger partial charge in [0, 0.05) is 12.5 Å². The van der Waals surface area contributed by atoms with Gasteiger partial charge in [0.15, 0.2) is 0 Å². The fraction of sp³-hybridized carbons (Fsp3) is 0.136. The van der Waals surface area contributed by atoms with Gasteiger partial charge in [-0.3, -0.25) is 14.9 Å². The lowest BCUT2D eigenvalue weighted by atomic mass is 10.1. The molecule has 164 valence electrons. The van der Waals surface area contributed by atoms with Gasteiger partial charge in [0.25, 0.3) is 5.91 Å². The Morgan fingerprint density at radius 3 is 2.31 bits per heavy atom. The molecule has 1 heterocycles. The van der Waals surface area contributed by atoms with E-state index in [1.807, 2.05) is 60.7 Å².